The summed E-state index contributed by atoms with van der Waals surface area (Å²) in [6, 6.07) is 12.6. The van der Waals surface area contributed by atoms with Crippen LogP contribution in [-0.4, -0.2) is 43.5 Å². The number of anilines is 1. The molecule has 11 heteroatoms. The van der Waals surface area contributed by atoms with Crippen molar-refractivity contribution >= 4 is 23.4 Å². The Morgan fingerprint density at radius 1 is 1.31 bits per heavy atom. The van der Waals surface area contributed by atoms with E-state index in [1.807, 2.05) is 24.4 Å². The van der Waals surface area contributed by atoms with E-state index in [-0.39, 0.29) is 18.6 Å². The van der Waals surface area contributed by atoms with Crippen molar-refractivity contribution in [1.82, 2.24) is 15.6 Å². The summed E-state index contributed by atoms with van der Waals surface area (Å²) in [5.41, 5.74) is 2.78. The molecule has 180 valence electrons. The van der Waals surface area contributed by atoms with Crippen LogP contribution in [0.1, 0.15) is 12.0 Å². The van der Waals surface area contributed by atoms with Gasteiger partial charge in [-0.25, -0.2) is 14.8 Å². The Labute approximate surface area is 201 Å². The van der Waals surface area contributed by atoms with E-state index >= 15 is 0 Å². The molecule has 1 fully saturated rings. The topological polar surface area (TPSA) is 143 Å². The number of aliphatic imine (C=N–C) groups is 1. The highest BCUT2D eigenvalue weighted by Crippen LogP contribution is 2.32. The first-order valence-corrected chi connectivity index (χ1v) is 10.8. The largest absolute Gasteiger partial charge is 0.496 e. The molecule has 0 unspecified atom stereocenters. The maximum absolute atomic E-state index is 12.0. The Morgan fingerprint density at radius 3 is 2.97 bits per heavy atom. The second-order valence-corrected chi connectivity index (χ2v) is 7.52. The summed E-state index contributed by atoms with van der Waals surface area (Å²) < 4.78 is 21.3. The van der Waals surface area contributed by atoms with Gasteiger partial charge in [-0.05, 0) is 29.8 Å². The third-order valence-corrected chi connectivity index (χ3v) is 5.09. The summed E-state index contributed by atoms with van der Waals surface area (Å²) in [6.07, 6.45) is 4.82. The number of rotatable bonds is 7. The molecule has 3 aromatic rings. The van der Waals surface area contributed by atoms with Gasteiger partial charge in [0.2, 0.25) is 5.96 Å². The fourth-order valence-corrected chi connectivity index (χ4v) is 3.44. The Hall–Kier alpha value is -4.56. The molecule has 35 heavy (non-hydrogen) atoms. The number of nitriles is 1. The minimum atomic E-state index is -0.495. The molecule has 1 aliphatic rings. The number of ether oxygens (including phenoxy) is 3. The van der Waals surface area contributed by atoms with E-state index in [1.54, 1.807) is 37.6 Å². The van der Waals surface area contributed by atoms with E-state index in [9.17, 15) is 10.1 Å². The number of amides is 1. The lowest BCUT2D eigenvalue weighted by Crippen LogP contribution is -2.28. The lowest BCUT2D eigenvalue weighted by Gasteiger charge is -2.12. The van der Waals surface area contributed by atoms with Crippen molar-refractivity contribution < 1.29 is 23.4 Å². The maximum atomic E-state index is 12.0. The molecular formula is C24H24N6O5. The Balaban J connectivity index is 1.44. The van der Waals surface area contributed by atoms with E-state index < -0.39 is 6.09 Å². The average Bonchev–Trinajstić information content (AvgIpc) is 3.58. The predicted octanol–water partition coefficient (Wildman–Crippen LogP) is 3.54. The van der Waals surface area contributed by atoms with Crippen molar-refractivity contribution in [3.05, 3.63) is 60.6 Å². The molecular weight excluding hydrogens is 452 g/mol. The molecule has 1 amide bonds. The quantitative estimate of drug-likeness (QED) is 0.202. The van der Waals surface area contributed by atoms with Gasteiger partial charge in [-0.2, -0.15) is 5.26 Å². The Bertz CT molecular complexity index is 1220. The number of nitrogens with zero attached hydrogens (tertiary/aromatic N) is 3. The monoisotopic (exact) mass is 476 g/mol. The normalized spacial score (nSPS) is 15.2. The molecule has 2 heterocycles. The van der Waals surface area contributed by atoms with E-state index in [2.05, 4.69) is 25.9 Å². The smallest absolute Gasteiger partial charge is 0.407 e. The van der Waals surface area contributed by atoms with Gasteiger partial charge in [-0.1, -0.05) is 12.1 Å². The minimum Gasteiger partial charge on any atom is -0.496 e. The number of aromatic nitrogens is 1. The number of oxazole rings is 1. The fourth-order valence-electron chi connectivity index (χ4n) is 3.44. The van der Waals surface area contributed by atoms with Gasteiger partial charge in [0.05, 0.1) is 37.8 Å². The number of benzene rings is 2. The van der Waals surface area contributed by atoms with Crippen LogP contribution in [0.15, 0.2) is 64.5 Å². The molecule has 1 aliphatic heterocycles. The van der Waals surface area contributed by atoms with Gasteiger partial charge < -0.3 is 29.3 Å². The highest BCUT2D eigenvalue weighted by atomic mass is 16.6. The SMILES string of the molecule is COc1cc(N/C(=N/c2cccc(CNC(=O)O[C@H]3CCOC3)c2)NC#N)ccc1-c1cnco1. The summed E-state index contributed by atoms with van der Waals surface area (Å²) in [7, 11) is 1.55. The number of carbonyl (C=O) groups excluding carboxylic acids is 1. The molecule has 2 aromatic carbocycles. The molecule has 0 radical (unpaired) electrons. The van der Waals surface area contributed by atoms with Crippen molar-refractivity contribution in [3.63, 3.8) is 0 Å². The third-order valence-electron chi connectivity index (χ3n) is 5.09. The zero-order chi connectivity index (χ0) is 24.5. The zero-order valence-corrected chi connectivity index (χ0v) is 19.0. The van der Waals surface area contributed by atoms with Crippen LogP contribution < -0.4 is 20.7 Å². The standard InChI is InChI=1S/C24H24N6O5/c1-32-21-10-18(5-6-20(21)22-12-26-15-34-22)30-23(28-14-25)29-17-4-2-3-16(9-17)11-27-24(31)35-19-7-8-33-13-19/h2-6,9-10,12,15,19H,7-8,11,13H2,1H3,(H,27,31)(H2,28,29,30)/t19-/m0/s1. The van der Waals surface area contributed by atoms with Crippen molar-refractivity contribution in [2.45, 2.75) is 19.1 Å². The molecule has 0 bridgehead atoms. The van der Waals surface area contributed by atoms with Crippen LogP contribution in [0.25, 0.3) is 11.3 Å². The number of methoxy groups -OCH3 is 1. The lowest BCUT2D eigenvalue weighted by atomic mass is 10.1. The van der Waals surface area contributed by atoms with Gasteiger partial charge in [0.1, 0.15) is 11.9 Å². The van der Waals surface area contributed by atoms with Crippen LogP contribution >= 0.6 is 0 Å². The van der Waals surface area contributed by atoms with Crippen molar-refractivity contribution in [3.8, 4) is 23.3 Å². The van der Waals surface area contributed by atoms with Gasteiger partial charge >= 0.3 is 6.09 Å². The number of hydrogen-bond acceptors (Lipinski definition) is 8. The third kappa shape index (κ3) is 6.49. The minimum absolute atomic E-state index is 0.208. The van der Waals surface area contributed by atoms with E-state index in [1.165, 1.54) is 6.39 Å². The lowest BCUT2D eigenvalue weighted by molar-refractivity contribution is 0.0828. The molecule has 0 spiro atoms. The first kappa shape index (κ1) is 23.6. The average molecular weight is 476 g/mol. The zero-order valence-electron chi connectivity index (χ0n) is 19.0. The Morgan fingerprint density at radius 2 is 2.23 bits per heavy atom. The number of nitrogens with one attached hydrogen (secondary N) is 3. The van der Waals surface area contributed by atoms with Gasteiger partial charge in [-0.3, -0.25) is 5.32 Å². The van der Waals surface area contributed by atoms with Gasteiger partial charge in [0.25, 0.3) is 0 Å². The molecule has 1 atom stereocenters. The maximum Gasteiger partial charge on any atom is 0.407 e. The van der Waals surface area contributed by atoms with E-state index in [0.29, 0.717) is 42.5 Å². The molecule has 4 rings (SSSR count). The summed E-state index contributed by atoms with van der Waals surface area (Å²) in [6.45, 7) is 1.29. The fraction of sp³-hybridized carbons (Fsp3) is 0.250. The molecule has 11 nitrogen and oxygen atoms in total. The molecule has 0 saturated carbocycles. The predicted molar refractivity (Wildman–Crippen MR) is 127 cm³/mol. The summed E-state index contributed by atoms with van der Waals surface area (Å²) >= 11 is 0. The van der Waals surface area contributed by atoms with E-state index in [0.717, 1.165) is 11.1 Å². The number of carbonyl (C=O) groups is 1. The summed E-state index contributed by atoms with van der Waals surface area (Å²) in [5, 5.41) is 17.5. The second-order valence-electron chi connectivity index (χ2n) is 7.52. The van der Waals surface area contributed by atoms with Crippen LogP contribution in [0.5, 0.6) is 5.75 Å². The van der Waals surface area contributed by atoms with Crippen molar-refractivity contribution in [2.75, 3.05) is 25.6 Å². The number of alkyl carbamates (subject to hydrolysis) is 1. The molecule has 1 aromatic heterocycles. The molecule has 3 N–H and O–H groups in total. The van der Waals surface area contributed by atoms with Crippen LogP contribution in [0, 0.1) is 11.5 Å². The number of hydrogen-bond donors (Lipinski definition) is 3. The highest BCUT2D eigenvalue weighted by Gasteiger charge is 2.19. The van der Waals surface area contributed by atoms with Gasteiger partial charge in [0, 0.05) is 24.7 Å². The van der Waals surface area contributed by atoms with Crippen LogP contribution in [-0.2, 0) is 16.0 Å². The van der Waals surface area contributed by atoms with Gasteiger partial charge in [0.15, 0.2) is 18.3 Å². The first-order chi connectivity index (χ1) is 17.1. The van der Waals surface area contributed by atoms with Crippen LogP contribution in [0.3, 0.4) is 0 Å². The number of guanidine groups is 1. The van der Waals surface area contributed by atoms with Gasteiger partial charge in [-0.15, -0.1) is 0 Å². The van der Waals surface area contributed by atoms with E-state index in [4.69, 9.17) is 18.6 Å². The second kappa shape index (κ2) is 11.5. The Kier molecular flexibility index (Phi) is 7.77. The van der Waals surface area contributed by atoms with Crippen LogP contribution in [0.4, 0.5) is 16.2 Å². The summed E-state index contributed by atoms with van der Waals surface area (Å²) in [4.78, 5) is 20.4. The summed E-state index contributed by atoms with van der Waals surface area (Å²) in [5.74, 6) is 1.35. The van der Waals surface area contributed by atoms with Crippen molar-refractivity contribution in [2.24, 2.45) is 4.99 Å². The molecule has 1 saturated heterocycles. The van der Waals surface area contributed by atoms with Crippen LogP contribution in [0.2, 0.25) is 0 Å². The molecule has 0 aliphatic carbocycles. The highest BCUT2D eigenvalue weighted by molar-refractivity contribution is 5.96. The van der Waals surface area contributed by atoms with Crippen molar-refractivity contribution in [1.29, 1.82) is 5.26 Å². The first-order valence-electron chi connectivity index (χ1n) is 10.8.